The van der Waals surface area contributed by atoms with E-state index in [-0.39, 0.29) is 18.0 Å². The summed E-state index contributed by atoms with van der Waals surface area (Å²) in [5.41, 5.74) is 0. The van der Waals surface area contributed by atoms with Gasteiger partial charge in [0.2, 0.25) is 0 Å². The lowest BCUT2D eigenvalue weighted by Crippen LogP contribution is -2.36. The van der Waals surface area contributed by atoms with Gasteiger partial charge in [-0.15, -0.1) is 0 Å². The van der Waals surface area contributed by atoms with Crippen molar-refractivity contribution in [1.29, 1.82) is 0 Å². The molecule has 0 bridgehead atoms. The van der Waals surface area contributed by atoms with Gasteiger partial charge in [-0.25, -0.2) is 0 Å². The van der Waals surface area contributed by atoms with Crippen molar-refractivity contribution in [2.45, 2.75) is 89.1 Å². The minimum absolute atomic E-state index is 0.0928. The maximum atomic E-state index is 10.2. The van der Waals surface area contributed by atoms with Crippen LogP contribution in [0.4, 0.5) is 0 Å². The number of hydrogen-bond donors (Lipinski definition) is 1. The van der Waals surface area contributed by atoms with E-state index in [9.17, 15) is 5.11 Å². The molecule has 2 fully saturated rings. The van der Waals surface area contributed by atoms with Gasteiger partial charge < -0.3 is 14.6 Å². The number of aliphatic hydroxyl groups is 1. The van der Waals surface area contributed by atoms with Crippen LogP contribution in [0.15, 0.2) is 0 Å². The molecule has 2 atom stereocenters. The van der Waals surface area contributed by atoms with Crippen molar-refractivity contribution < 1.29 is 14.6 Å². The van der Waals surface area contributed by atoms with Gasteiger partial charge in [-0.3, -0.25) is 0 Å². The third-order valence-electron chi connectivity index (χ3n) is 4.27. The molecule has 1 aliphatic heterocycles. The molecule has 1 saturated carbocycles. The van der Waals surface area contributed by atoms with Crippen molar-refractivity contribution in [3.63, 3.8) is 0 Å². The number of hydrogen-bond acceptors (Lipinski definition) is 3. The first-order valence-corrected chi connectivity index (χ1v) is 7.75. The first kappa shape index (κ1) is 14.3. The molecule has 0 amide bonds. The van der Waals surface area contributed by atoms with E-state index < -0.39 is 0 Å². The fourth-order valence-electron chi connectivity index (χ4n) is 3.09. The molecular weight excluding hydrogens is 228 g/mol. The van der Waals surface area contributed by atoms with Gasteiger partial charge in [-0.05, 0) is 19.3 Å². The summed E-state index contributed by atoms with van der Waals surface area (Å²) < 4.78 is 11.9. The lowest BCUT2D eigenvalue weighted by molar-refractivity contribution is -0.195. The minimum Gasteiger partial charge on any atom is -0.390 e. The van der Waals surface area contributed by atoms with Gasteiger partial charge >= 0.3 is 0 Å². The number of ether oxygens (including phenoxy) is 2. The molecule has 0 aromatic rings. The lowest BCUT2D eigenvalue weighted by Gasteiger charge is -2.32. The van der Waals surface area contributed by atoms with Crippen LogP contribution in [0.25, 0.3) is 0 Å². The van der Waals surface area contributed by atoms with Crippen molar-refractivity contribution in [2.24, 2.45) is 0 Å². The summed E-state index contributed by atoms with van der Waals surface area (Å²) in [7, 11) is 0. The van der Waals surface area contributed by atoms with Crippen LogP contribution in [0.2, 0.25) is 0 Å². The Balaban J connectivity index is 1.70. The second kappa shape index (κ2) is 6.88. The molecule has 18 heavy (non-hydrogen) atoms. The van der Waals surface area contributed by atoms with Gasteiger partial charge in [0.25, 0.3) is 0 Å². The predicted octanol–water partition coefficient (Wildman–Crippen LogP) is 3.39. The Kier molecular flexibility index (Phi) is 5.46. The number of aliphatic hydroxyl groups excluding tert-OH is 1. The Labute approximate surface area is 111 Å². The highest BCUT2D eigenvalue weighted by molar-refractivity contribution is 4.85. The predicted molar refractivity (Wildman–Crippen MR) is 71.4 cm³/mol. The zero-order valence-electron chi connectivity index (χ0n) is 11.7. The standard InChI is InChI=1S/C15H28O3/c1-2-3-4-6-9-13(16)14-12-17-15(18-14)10-7-5-8-11-15/h13-14,16H,2-12H2,1H3/t13-,14-/m0/s1. The SMILES string of the molecule is CCCCCC[C@H](O)[C@@H]1COC2(CCCCC2)O1. The van der Waals surface area contributed by atoms with Crippen molar-refractivity contribution in [3.8, 4) is 0 Å². The normalized spacial score (nSPS) is 28.7. The molecule has 3 heteroatoms. The quantitative estimate of drug-likeness (QED) is 0.740. The molecule has 0 aromatic carbocycles. The molecule has 0 aromatic heterocycles. The second-order valence-corrected chi connectivity index (χ2v) is 5.86. The number of rotatable bonds is 6. The highest BCUT2D eigenvalue weighted by Crippen LogP contribution is 2.38. The molecular formula is C15H28O3. The van der Waals surface area contributed by atoms with Gasteiger partial charge in [-0.2, -0.15) is 0 Å². The Bertz CT molecular complexity index is 236. The second-order valence-electron chi connectivity index (χ2n) is 5.86. The van der Waals surface area contributed by atoms with E-state index in [2.05, 4.69) is 6.92 Å². The zero-order chi connectivity index (χ0) is 12.8. The average molecular weight is 256 g/mol. The van der Waals surface area contributed by atoms with E-state index in [0.29, 0.717) is 6.61 Å². The maximum Gasteiger partial charge on any atom is 0.169 e. The molecule has 2 rings (SSSR count). The first-order valence-electron chi connectivity index (χ1n) is 7.75. The number of unbranched alkanes of at least 4 members (excludes halogenated alkanes) is 3. The van der Waals surface area contributed by atoms with Crippen molar-refractivity contribution in [2.75, 3.05) is 6.61 Å². The molecule has 2 aliphatic rings. The van der Waals surface area contributed by atoms with E-state index in [4.69, 9.17) is 9.47 Å². The smallest absolute Gasteiger partial charge is 0.169 e. The molecule has 1 spiro atoms. The van der Waals surface area contributed by atoms with E-state index in [1.165, 1.54) is 38.5 Å². The largest absolute Gasteiger partial charge is 0.390 e. The van der Waals surface area contributed by atoms with Crippen LogP contribution in [0, 0.1) is 0 Å². The highest BCUT2D eigenvalue weighted by Gasteiger charge is 2.44. The molecule has 106 valence electrons. The van der Waals surface area contributed by atoms with Crippen LogP contribution >= 0.6 is 0 Å². The summed E-state index contributed by atoms with van der Waals surface area (Å²) in [5, 5.41) is 10.2. The monoisotopic (exact) mass is 256 g/mol. The topological polar surface area (TPSA) is 38.7 Å². The van der Waals surface area contributed by atoms with Gasteiger partial charge in [0, 0.05) is 12.8 Å². The summed E-state index contributed by atoms with van der Waals surface area (Å²) in [6.07, 6.45) is 10.9. The van der Waals surface area contributed by atoms with Crippen LogP contribution in [-0.2, 0) is 9.47 Å². The average Bonchev–Trinajstić information content (AvgIpc) is 2.79. The first-order chi connectivity index (χ1) is 8.76. The molecule has 0 unspecified atom stereocenters. The minimum atomic E-state index is -0.344. The van der Waals surface area contributed by atoms with Crippen molar-refractivity contribution in [3.05, 3.63) is 0 Å². The fourth-order valence-corrected chi connectivity index (χ4v) is 3.09. The highest BCUT2D eigenvalue weighted by atomic mass is 16.7. The fraction of sp³-hybridized carbons (Fsp3) is 1.00. The third-order valence-corrected chi connectivity index (χ3v) is 4.27. The van der Waals surface area contributed by atoms with Gasteiger partial charge in [0.05, 0.1) is 12.7 Å². The van der Waals surface area contributed by atoms with E-state index in [0.717, 1.165) is 25.7 Å². The Morgan fingerprint density at radius 2 is 1.94 bits per heavy atom. The summed E-state index contributed by atoms with van der Waals surface area (Å²) >= 11 is 0. The molecule has 1 N–H and O–H groups in total. The molecule has 1 heterocycles. The lowest BCUT2D eigenvalue weighted by atomic mass is 9.94. The van der Waals surface area contributed by atoms with Gasteiger partial charge in [-0.1, -0.05) is 39.0 Å². The molecule has 3 nitrogen and oxygen atoms in total. The van der Waals surface area contributed by atoms with E-state index >= 15 is 0 Å². The Hall–Kier alpha value is -0.120. The van der Waals surface area contributed by atoms with Crippen LogP contribution in [0.3, 0.4) is 0 Å². The molecule has 1 saturated heterocycles. The van der Waals surface area contributed by atoms with E-state index in [1.54, 1.807) is 0 Å². The summed E-state index contributed by atoms with van der Waals surface area (Å²) in [5.74, 6) is -0.340. The summed E-state index contributed by atoms with van der Waals surface area (Å²) in [6, 6.07) is 0. The summed E-state index contributed by atoms with van der Waals surface area (Å²) in [6.45, 7) is 2.78. The summed E-state index contributed by atoms with van der Waals surface area (Å²) in [4.78, 5) is 0. The maximum absolute atomic E-state index is 10.2. The van der Waals surface area contributed by atoms with Crippen molar-refractivity contribution in [1.82, 2.24) is 0 Å². The van der Waals surface area contributed by atoms with Gasteiger partial charge in [0.15, 0.2) is 5.79 Å². The van der Waals surface area contributed by atoms with E-state index in [1.807, 2.05) is 0 Å². The van der Waals surface area contributed by atoms with Crippen LogP contribution < -0.4 is 0 Å². The molecule has 1 aliphatic carbocycles. The third kappa shape index (κ3) is 3.69. The Morgan fingerprint density at radius 1 is 1.17 bits per heavy atom. The van der Waals surface area contributed by atoms with Crippen LogP contribution in [0.1, 0.15) is 71.1 Å². The van der Waals surface area contributed by atoms with Gasteiger partial charge in [0.1, 0.15) is 6.10 Å². The zero-order valence-corrected chi connectivity index (χ0v) is 11.7. The van der Waals surface area contributed by atoms with Crippen molar-refractivity contribution >= 4 is 0 Å². The van der Waals surface area contributed by atoms with Crippen LogP contribution in [-0.4, -0.2) is 29.7 Å². The molecule has 0 radical (unpaired) electrons. The van der Waals surface area contributed by atoms with Crippen LogP contribution in [0.5, 0.6) is 0 Å². The Morgan fingerprint density at radius 3 is 2.67 bits per heavy atom.